The molecule has 1 N–H and O–H groups in total. The first-order chi connectivity index (χ1) is 15.7. The van der Waals surface area contributed by atoms with Crippen molar-refractivity contribution in [2.75, 3.05) is 20.4 Å². The molecule has 0 saturated heterocycles. The smallest absolute Gasteiger partial charge is 0.252 e. The van der Waals surface area contributed by atoms with Crippen LogP contribution < -0.4 is 19.5 Å². The Hall–Kier alpha value is -4.07. The Morgan fingerprint density at radius 2 is 2.06 bits per heavy atom. The third-order valence-electron chi connectivity index (χ3n) is 5.37. The number of aromatic nitrogens is 3. The SMILES string of the molecule is COc1ccc2nc(-c3ccc4c(c3)OCO4)cc(C(=O)NCCCn3ccnc3)c2c1. The molecule has 0 spiro atoms. The molecule has 3 heterocycles. The van der Waals surface area contributed by atoms with Crippen LogP contribution in [0.4, 0.5) is 0 Å². The molecule has 0 saturated carbocycles. The molecule has 1 amide bonds. The molecule has 8 nitrogen and oxygen atoms in total. The number of aryl methyl sites for hydroxylation is 1. The summed E-state index contributed by atoms with van der Waals surface area (Å²) in [6.07, 6.45) is 6.21. The molecule has 0 aliphatic carbocycles. The Labute approximate surface area is 184 Å². The van der Waals surface area contributed by atoms with Crippen LogP contribution in [0.25, 0.3) is 22.2 Å². The van der Waals surface area contributed by atoms with Gasteiger partial charge in [0.05, 0.1) is 30.2 Å². The van der Waals surface area contributed by atoms with Crippen LogP contribution in [0.2, 0.25) is 0 Å². The summed E-state index contributed by atoms with van der Waals surface area (Å²) in [7, 11) is 1.60. The fourth-order valence-corrected chi connectivity index (χ4v) is 3.70. The highest BCUT2D eigenvalue weighted by molar-refractivity contribution is 6.07. The zero-order valence-electron chi connectivity index (χ0n) is 17.6. The molecule has 32 heavy (non-hydrogen) atoms. The van der Waals surface area contributed by atoms with Crippen molar-refractivity contribution < 1.29 is 19.0 Å². The van der Waals surface area contributed by atoms with Crippen molar-refractivity contribution in [2.24, 2.45) is 0 Å². The van der Waals surface area contributed by atoms with Crippen molar-refractivity contribution in [2.45, 2.75) is 13.0 Å². The van der Waals surface area contributed by atoms with Crippen molar-refractivity contribution in [3.8, 4) is 28.5 Å². The number of nitrogens with zero attached hydrogens (tertiary/aromatic N) is 3. The molecule has 8 heteroatoms. The molecule has 2 aromatic heterocycles. The maximum absolute atomic E-state index is 13.1. The van der Waals surface area contributed by atoms with Crippen molar-refractivity contribution in [3.05, 3.63) is 66.7 Å². The summed E-state index contributed by atoms with van der Waals surface area (Å²) in [5.41, 5.74) is 2.79. The third-order valence-corrected chi connectivity index (χ3v) is 5.37. The fraction of sp³-hybridized carbons (Fsp3) is 0.208. The molecular weight excluding hydrogens is 408 g/mol. The van der Waals surface area contributed by atoms with Crippen molar-refractivity contribution in [1.29, 1.82) is 0 Å². The minimum absolute atomic E-state index is 0.154. The van der Waals surface area contributed by atoms with Gasteiger partial charge in [-0.25, -0.2) is 9.97 Å². The quantitative estimate of drug-likeness (QED) is 0.450. The van der Waals surface area contributed by atoms with Gasteiger partial charge in [-0.1, -0.05) is 0 Å². The molecule has 5 rings (SSSR count). The summed E-state index contributed by atoms with van der Waals surface area (Å²) >= 11 is 0. The summed E-state index contributed by atoms with van der Waals surface area (Å²) in [5, 5.41) is 3.76. The molecule has 0 atom stereocenters. The van der Waals surface area contributed by atoms with Crippen molar-refractivity contribution in [1.82, 2.24) is 19.9 Å². The number of hydrogen-bond donors (Lipinski definition) is 1. The van der Waals surface area contributed by atoms with Crippen LogP contribution in [-0.2, 0) is 6.54 Å². The van der Waals surface area contributed by atoms with Crippen LogP contribution in [0.1, 0.15) is 16.8 Å². The molecule has 0 unspecified atom stereocenters. The molecule has 162 valence electrons. The van der Waals surface area contributed by atoms with E-state index in [0.29, 0.717) is 40.6 Å². The van der Waals surface area contributed by atoms with E-state index < -0.39 is 0 Å². The maximum atomic E-state index is 13.1. The minimum Gasteiger partial charge on any atom is -0.497 e. The minimum atomic E-state index is -0.154. The average Bonchev–Trinajstić information content (AvgIpc) is 3.52. The van der Waals surface area contributed by atoms with Gasteiger partial charge in [-0.05, 0) is 48.9 Å². The number of benzene rings is 2. The van der Waals surface area contributed by atoms with Gasteiger partial charge in [0.1, 0.15) is 5.75 Å². The van der Waals surface area contributed by atoms with Gasteiger partial charge in [0, 0.05) is 36.4 Å². The first kappa shape index (κ1) is 19.9. The fourth-order valence-electron chi connectivity index (χ4n) is 3.70. The number of fused-ring (bicyclic) bond motifs is 2. The number of imidazole rings is 1. The summed E-state index contributed by atoms with van der Waals surface area (Å²) in [6, 6.07) is 13.0. The van der Waals surface area contributed by atoms with Crippen LogP contribution >= 0.6 is 0 Å². The summed E-state index contributed by atoms with van der Waals surface area (Å²) < 4.78 is 18.2. The van der Waals surface area contributed by atoms with Crippen LogP contribution in [-0.4, -0.2) is 40.9 Å². The van der Waals surface area contributed by atoms with Crippen LogP contribution in [0.5, 0.6) is 17.2 Å². The Bertz CT molecular complexity index is 1270. The zero-order chi connectivity index (χ0) is 21.9. The van der Waals surface area contributed by atoms with Gasteiger partial charge in [0.2, 0.25) is 6.79 Å². The predicted molar refractivity (Wildman–Crippen MR) is 119 cm³/mol. The van der Waals surface area contributed by atoms with Gasteiger partial charge >= 0.3 is 0 Å². The average molecular weight is 430 g/mol. The molecule has 1 aliphatic heterocycles. The van der Waals surface area contributed by atoms with E-state index in [9.17, 15) is 4.79 Å². The lowest BCUT2D eigenvalue weighted by atomic mass is 10.0. The van der Waals surface area contributed by atoms with E-state index in [0.717, 1.165) is 23.9 Å². The highest BCUT2D eigenvalue weighted by atomic mass is 16.7. The third kappa shape index (κ3) is 3.94. The maximum Gasteiger partial charge on any atom is 0.252 e. The number of nitrogens with one attached hydrogen (secondary N) is 1. The van der Waals surface area contributed by atoms with E-state index in [2.05, 4.69) is 10.3 Å². The van der Waals surface area contributed by atoms with E-state index in [1.165, 1.54) is 0 Å². The molecule has 1 aliphatic rings. The highest BCUT2D eigenvalue weighted by Crippen LogP contribution is 2.36. The monoisotopic (exact) mass is 430 g/mol. The van der Waals surface area contributed by atoms with E-state index in [4.69, 9.17) is 19.2 Å². The number of hydrogen-bond acceptors (Lipinski definition) is 6. The Morgan fingerprint density at radius 3 is 2.91 bits per heavy atom. The van der Waals surface area contributed by atoms with Crippen molar-refractivity contribution >= 4 is 16.8 Å². The summed E-state index contributed by atoms with van der Waals surface area (Å²) in [6.45, 7) is 1.54. The van der Waals surface area contributed by atoms with E-state index in [1.54, 1.807) is 19.6 Å². The first-order valence-electron chi connectivity index (χ1n) is 10.3. The Kier molecular flexibility index (Phi) is 5.33. The predicted octanol–water partition coefficient (Wildman–Crippen LogP) is 3.66. The number of pyridine rings is 1. The lowest BCUT2D eigenvalue weighted by Crippen LogP contribution is -2.25. The molecule has 0 fully saturated rings. The van der Waals surface area contributed by atoms with Crippen molar-refractivity contribution in [3.63, 3.8) is 0 Å². The second-order valence-corrected chi connectivity index (χ2v) is 7.42. The number of rotatable bonds is 7. The number of carbonyl (C=O) groups is 1. The molecular formula is C24H22N4O4. The van der Waals surface area contributed by atoms with Crippen LogP contribution in [0, 0.1) is 0 Å². The number of ether oxygens (including phenoxy) is 3. The number of carbonyl (C=O) groups excluding carboxylic acids is 1. The van der Waals surface area contributed by atoms with Gasteiger partial charge in [-0.2, -0.15) is 0 Å². The molecule has 0 bridgehead atoms. The zero-order valence-corrected chi connectivity index (χ0v) is 17.6. The normalized spacial score (nSPS) is 12.2. The molecule has 2 aromatic carbocycles. The van der Waals surface area contributed by atoms with Gasteiger partial charge in [-0.15, -0.1) is 0 Å². The lowest BCUT2D eigenvalue weighted by Gasteiger charge is -2.12. The summed E-state index contributed by atoms with van der Waals surface area (Å²) in [4.78, 5) is 22.0. The standard InChI is InChI=1S/C24H22N4O4/c1-30-17-4-5-20-18(12-17)19(24(29)26-7-2-9-28-10-8-25-14-28)13-21(27-20)16-3-6-22-23(11-16)32-15-31-22/h3-6,8,10-14H,2,7,9,15H2,1H3,(H,26,29). The molecule has 0 radical (unpaired) electrons. The highest BCUT2D eigenvalue weighted by Gasteiger charge is 2.18. The van der Waals surface area contributed by atoms with E-state index >= 15 is 0 Å². The first-order valence-corrected chi connectivity index (χ1v) is 10.3. The second-order valence-electron chi connectivity index (χ2n) is 7.42. The van der Waals surface area contributed by atoms with E-state index in [1.807, 2.05) is 53.2 Å². The Balaban J connectivity index is 1.45. The van der Waals surface area contributed by atoms with Gasteiger partial charge in [0.25, 0.3) is 5.91 Å². The van der Waals surface area contributed by atoms with Gasteiger partial charge < -0.3 is 24.1 Å². The number of methoxy groups -OCH3 is 1. The molecule has 4 aromatic rings. The van der Waals surface area contributed by atoms with E-state index in [-0.39, 0.29) is 12.7 Å². The van der Waals surface area contributed by atoms with Crippen LogP contribution in [0.3, 0.4) is 0 Å². The summed E-state index contributed by atoms with van der Waals surface area (Å²) in [5.74, 6) is 1.89. The largest absolute Gasteiger partial charge is 0.497 e. The number of amides is 1. The van der Waals surface area contributed by atoms with Gasteiger partial charge in [-0.3, -0.25) is 4.79 Å². The Morgan fingerprint density at radius 1 is 1.16 bits per heavy atom. The second kappa shape index (κ2) is 8.58. The lowest BCUT2D eigenvalue weighted by molar-refractivity contribution is 0.0954. The topological polar surface area (TPSA) is 87.5 Å². The van der Waals surface area contributed by atoms with Crippen LogP contribution in [0.15, 0.2) is 61.2 Å². The van der Waals surface area contributed by atoms with Gasteiger partial charge in [0.15, 0.2) is 11.5 Å².